The largest absolute Gasteiger partial charge is 0.463 e. The second kappa shape index (κ2) is 10.4. The molecule has 1 rings (SSSR count). The summed E-state index contributed by atoms with van der Waals surface area (Å²) in [5.74, 6) is -0.230. The lowest BCUT2D eigenvalue weighted by atomic mass is 10.1. The van der Waals surface area contributed by atoms with Gasteiger partial charge in [-0.05, 0) is 38.2 Å². The topological polar surface area (TPSA) is 26.3 Å². The van der Waals surface area contributed by atoms with Crippen molar-refractivity contribution in [3.05, 3.63) is 48.0 Å². The molecule has 0 bridgehead atoms. The summed E-state index contributed by atoms with van der Waals surface area (Å²) in [6, 6.07) is 10.6. The van der Waals surface area contributed by atoms with Gasteiger partial charge in [0.1, 0.15) is 0 Å². The first-order valence-electron chi connectivity index (χ1n) is 7.20. The zero-order valence-electron chi connectivity index (χ0n) is 11.8. The molecule has 0 unspecified atom stereocenters. The van der Waals surface area contributed by atoms with E-state index < -0.39 is 0 Å². The molecule has 19 heavy (non-hydrogen) atoms. The van der Waals surface area contributed by atoms with Crippen LogP contribution in [0.2, 0.25) is 0 Å². The molecule has 0 N–H and O–H groups in total. The van der Waals surface area contributed by atoms with Crippen molar-refractivity contribution in [2.75, 3.05) is 6.61 Å². The molecule has 0 atom stereocenters. The average molecular weight is 260 g/mol. The maximum Gasteiger partial charge on any atom is 0.330 e. The van der Waals surface area contributed by atoms with Gasteiger partial charge in [0.05, 0.1) is 6.61 Å². The predicted octanol–water partition coefficient (Wildman–Crippen LogP) is 4.30. The first-order chi connectivity index (χ1) is 9.33. The first kappa shape index (κ1) is 15.5. The van der Waals surface area contributed by atoms with Crippen LogP contribution in [0, 0.1) is 0 Å². The molecule has 0 aliphatic heterocycles. The number of carbonyl (C=O) groups excluding carboxylic acids is 1. The number of benzene rings is 1. The molecule has 1 aromatic rings. The quantitative estimate of drug-likeness (QED) is 0.376. The second-order valence-corrected chi connectivity index (χ2v) is 4.59. The van der Waals surface area contributed by atoms with Crippen molar-refractivity contribution < 1.29 is 9.53 Å². The molecule has 2 heteroatoms. The van der Waals surface area contributed by atoms with Gasteiger partial charge in [0.15, 0.2) is 0 Å². The third-order valence-electron chi connectivity index (χ3n) is 2.97. The summed E-state index contributed by atoms with van der Waals surface area (Å²) in [5, 5.41) is 0. The van der Waals surface area contributed by atoms with Crippen LogP contribution in [-0.4, -0.2) is 12.6 Å². The molecule has 0 aliphatic rings. The minimum absolute atomic E-state index is 0.230. The number of carbonyl (C=O) groups is 1. The number of ether oxygens (including phenoxy) is 1. The maximum atomic E-state index is 11.0. The highest BCUT2D eigenvalue weighted by Gasteiger charge is 1.94. The molecule has 0 saturated heterocycles. The maximum absolute atomic E-state index is 11.0. The molecule has 0 amide bonds. The Hall–Kier alpha value is -1.57. The van der Waals surface area contributed by atoms with Crippen LogP contribution >= 0.6 is 0 Å². The van der Waals surface area contributed by atoms with Crippen LogP contribution in [0.15, 0.2) is 42.5 Å². The third-order valence-corrected chi connectivity index (χ3v) is 2.97. The monoisotopic (exact) mass is 260 g/mol. The minimum Gasteiger partial charge on any atom is -0.463 e. The van der Waals surface area contributed by atoms with Gasteiger partial charge in [-0.2, -0.15) is 0 Å². The van der Waals surface area contributed by atoms with E-state index in [1.54, 1.807) is 0 Å². The van der Waals surface area contributed by atoms with Gasteiger partial charge in [-0.15, -0.1) is 0 Å². The Labute approximate surface area is 116 Å². The second-order valence-electron chi connectivity index (χ2n) is 4.59. The molecule has 0 heterocycles. The van der Waals surface area contributed by atoms with Crippen molar-refractivity contribution in [3.63, 3.8) is 0 Å². The number of aryl methyl sites for hydroxylation is 1. The van der Waals surface area contributed by atoms with Crippen LogP contribution in [-0.2, 0) is 16.0 Å². The SMILES string of the molecule is CCOC(=O)/C=C/CCCCCCc1ccccc1. The zero-order chi connectivity index (χ0) is 13.8. The van der Waals surface area contributed by atoms with Crippen LogP contribution in [0.4, 0.5) is 0 Å². The highest BCUT2D eigenvalue weighted by molar-refractivity contribution is 5.81. The van der Waals surface area contributed by atoms with Crippen molar-refractivity contribution >= 4 is 5.97 Å². The van der Waals surface area contributed by atoms with E-state index in [1.807, 2.05) is 13.0 Å². The number of rotatable bonds is 9. The van der Waals surface area contributed by atoms with Crippen molar-refractivity contribution in [3.8, 4) is 0 Å². The van der Waals surface area contributed by atoms with E-state index in [1.165, 1.54) is 37.3 Å². The number of hydrogen-bond donors (Lipinski definition) is 0. The Morgan fingerprint density at radius 3 is 2.58 bits per heavy atom. The lowest BCUT2D eigenvalue weighted by molar-refractivity contribution is -0.137. The Balaban J connectivity index is 1.95. The molecule has 0 aromatic heterocycles. The van der Waals surface area contributed by atoms with Crippen LogP contribution < -0.4 is 0 Å². The summed E-state index contributed by atoms with van der Waals surface area (Å²) in [5.41, 5.74) is 1.42. The van der Waals surface area contributed by atoms with E-state index in [-0.39, 0.29) is 5.97 Å². The van der Waals surface area contributed by atoms with E-state index >= 15 is 0 Å². The van der Waals surface area contributed by atoms with Gasteiger partial charge >= 0.3 is 5.97 Å². The lowest BCUT2D eigenvalue weighted by Crippen LogP contribution is -1.98. The molecule has 104 valence electrons. The average Bonchev–Trinajstić information content (AvgIpc) is 2.43. The van der Waals surface area contributed by atoms with E-state index in [4.69, 9.17) is 4.74 Å². The van der Waals surface area contributed by atoms with Gasteiger partial charge in [0.25, 0.3) is 0 Å². The minimum atomic E-state index is -0.230. The van der Waals surface area contributed by atoms with E-state index in [0.29, 0.717) is 6.61 Å². The molecular weight excluding hydrogens is 236 g/mol. The number of allylic oxidation sites excluding steroid dienone is 1. The van der Waals surface area contributed by atoms with Crippen LogP contribution in [0.25, 0.3) is 0 Å². The Morgan fingerprint density at radius 1 is 1.11 bits per heavy atom. The van der Waals surface area contributed by atoms with Crippen molar-refractivity contribution in [1.82, 2.24) is 0 Å². The van der Waals surface area contributed by atoms with Gasteiger partial charge < -0.3 is 4.74 Å². The first-order valence-corrected chi connectivity index (χ1v) is 7.20. The molecule has 0 fully saturated rings. The summed E-state index contributed by atoms with van der Waals surface area (Å²) in [7, 11) is 0. The highest BCUT2D eigenvalue weighted by atomic mass is 16.5. The third kappa shape index (κ3) is 8.20. The van der Waals surface area contributed by atoms with Gasteiger partial charge in [0.2, 0.25) is 0 Å². The van der Waals surface area contributed by atoms with Crippen LogP contribution in [0.1, 0.15) is 44.6 Å². The normalized spacial score (nSPS) is 10.8. The Morgan fingerprint density at radius 2 is 1.84 bits per heavy atom. The summed E-state index contributed by atoms with van der Waals surface area (Å²) < 4.78 is 4.81. The van der Waals surface area contributed by atoms with E-state index in [0.717, 1.165) is 12.8 Å². The van der Waals surface area contributed by atoms with Gasteiger partial charge in [-0.3, -0.25) is 0 Å². The summed E-state index contributed by atoms with van der Waals surface area (Å²) in [6.07, 6.45) is 10.4. The van der Waals surface area contributed by atoms with Gasteiger partial charge in [0, 0.05) is 6.08 Å². The molecule has 0 radical (unpaired) electrons. The van der Waals surface area contributed by atoms with Gasteiger partial charge in [-0.25, -0.2) is 4.79 Å². The smallest absolute Gasteiger partial charge is 0.330 e. The molecule has 0 spiro atoms. The highest BCUT2D eigenvalue weighted by Crippen LogP contribution is 2.09. The molecule has 0 saturated carbocycles. The van der Waals surface area contributed by atoms with E-state index in [9.17, 15) is 4.79 Å². The molecular formula is C17H24O2. The van der Waals surface area contributed by atoms with E-state index in [2.05, 4.69) is 30.3 Å². The number of hydrogen-bond acceptors (Lipinski definition) is 2. The van der Waals surface area contributed by atoms with Crippen molar-refractivity contribution in [1.29, 1.82) is 0 Å². The standard InChI is InChI=1S/C17H24O2/c1-2-19-17(18)15-11-6-4-3-5-8-12-16-13-9-7-10-14-16/h7,9-11,13-15H,2-6,8,12H2,1H3/b15-11+. The van der Waals surface area contributed by atoms with Gasteiger partial charge in [-0.1, -0.05) is 49.2 Å². The Kier molecular flexibility index (Phi) is 8.45. The zero-order valence-corrected chi connectivity index (χ0v) is 11.8. The number of unbranched alkanes of at least 4 members (excludes halogenated alkanes) is 4. The van der Waals surface area contributed by atoms with Crippen LogP contribution in [0.3, 0.4) is 0 Å². The molecule has 0 aliphatic carbocycles. The lowest BCUT2D eigenvalue weighted by Gasteiger charge is -2.01. The predicted molar refractivity (Wildman–Crippen MR) is 79.0 cm³/mol. The van der Waals surface area contributed by atoms with Crippen molar-refractivity contribution in [2.24, 2.45) is 0 Å². The number of esters is 1. The van der Waals surface area contributed by atoms with Crippen LogP contribution in [0.5, 0.6) is 0 Å². The summed E-state index contributed by atoms with van der Waals surface area (Å²) in [6.45, 7) is 2.27. The fourth-order valence-electron chi connectivity index (χ4n) is 1.96. The molecule has 2 nitrogen and oxygen atoms in total. The summed E-state index contributed by atoms with van der Waals surface area (Å²) >= 11 is 0. The fraction of sp³-hybridized carbons (Fsp3) is 0.471. The molecule has 1 aromatic carbocycles. The fourth-order valence-corrected chi connectivity index (χ4v) is 1.96. The Bertz CT molecular complexity index is 368. The van der Waals surface area contributed by atoms with Crippen molar-refractivity contribution in [2.45, 2.75) is 45.4 Å². The summed E-state index contributed by atoms with van der Waals surface area (Å²) in [4.78, 5) is 11.0.